The number of nitrogens with one attached hydrogen (secondary N) is 1. The Morgan fingerprint density at radius 2 is 1.89 bits per heavy atom. The molecule has 0 spiro atoms. The van der Waals surface area contributed by atoms with E-state index in [1.165, 1.54) is 12.1 Å². The van der Waals surface area contributed by atoms with Crippen LogP contribution in [0.4, 0.5) is 5.69 Å². The fourth-order valence-electron chi connectivity index (χ4n) is 2.46. The first-order valence-electron chi connectivity index (χ1n) is 8.59. The highest BCUT2D eigenvalue weighted by molar-refractivity contribution is 5.99. The van der Waals surface area contributed by atoms with Crippen molar-refractivity contribution in [1.29, 1.82) is 0 Å². The zero-order valence-corrected chi connectivity index (χ0v) is 15.9. The van der Waals surface area contributed by atoms with Crippen LogP contribution in [0.5, 0.6) is 5.75 Å². The lowest BCUT2D eigenvalue weighted by atomic mass is 10.00. The fourth-order valence-corrected chi connectivity index (χ4v) is 2.46. The third kappa shape index (κ3) is 5.64. The summed E-state index contributed by atoms with van der Waals surface area (Å²) in [7, 11) is 0. The summed E-state index contributed by atoms with van der Waals surface area (Å²) in [6.07, 6.45) is 0. The molecule has 7 nitrogen and oxygen atoms in total. The van der Waals surface area contributed by atoms with Crippen molar-refractivity contribution in [2.75, 3.05) is 6.61 Å². The number of benzene rings is 2. The highest BCUT2D eigenvalue weighted by Gasteiger charge is 2.10. The molecule has 2 rings (SSSR count). The summed E-state index contributed by atoms with van der Waals surface area (Å²) in [5.74, 6) is 0.582. The Labute approximate surface area is 158 Å². The smallest absolute Gasteiger partial charge is 0.277 e. The number of amides is 1. The van der Waals surface area contributed by atoms with Crippen molar-refractivity contribution in [3.8, 4) is 5.75 Å². The Morgan fingerprint density at radius 3 is 2.48 bits per heavy atom. The third-order valence-corrected chi connectivity index (χ3v) is 3.99. The van der Waals surface area contributed by atoms with Gasteiger partial charge >= 0.3 is 0 Å². The van der Waals surface area contributed by atoms with Crippen molar-refractivity contribution in [1.82, 2.24) is 5.43 Å². The minimum absolute atomic E-state index is 0.00281. The Hall–Kier alpha value is -3.22. The van der Waals surface area contributed by atoms with Gasteiger partial charge in [0, 0.05) is 12.1 Å². The van der Waals surface area contributed by atoms with Crippen molar-refractivity contribution in [3.63, 3.8) is 0 Å². The number of hydrogen-bond acceptors (Lipinski definition) is 5. The molecule has 2 aromatic carbocycles. The molecule has 2 aromatic rings. The van der Waals surface area contributed by atoms with Crippen LogP contribution >= 0.6 is 0 Å². The number of ether oxygens (including phenoxy) is 1. The van der Waals surface area contributed by atoms with E-state index in [1.807, 2.05) is 19.1 Å². The Balaban J connectivity index is 1.96. The van der Waals surface area contributed by atoms with Crippen molar-refractivity contribution in [2.24, 2.45) is 5.10 Å². The molecule has 0 aliphatic carbocycles. The molecule has 7 heteroatoms. The molecule has 1 amide bonds. The highest BCUT2D eigenvalue weighted by atomic mass is 16.6. The van der Waals surface area contributed by atoms with Crippen LogP contribution in [-0.4, -0.2) is 23.1 Å². The second-order valence-corrected chi connectivity index (χ2v) is 6.52. The average molecular weight is 369 g/mol. The summed E-state index contributed by atoms with van der Waals surface area (Å²) in [6, 6.07) is 11.8. The van der Waals surface area contributed by atoms with Gasteiger partial charge in [0.05, 0.1) is 10.6 Å². The van der Waals surface area contributed by atoms with Crippen molar-refractivity contribution < 1.29 is 14.5 Å². The van der Waals surface area contributed by atoms with E-state index in [0.29, 0.717) is 17.0 Å². The molecule has 142 valence electrons. The van der Waals surface area contributed by atoms with Crippen LogP contribution in [0.3, 0.4) is 0 Å². The summed E-state index contributed by atoms with van der Waals surface area (Å²) in [4.78, 5) is 22.2. The monoisotopic (exact) mass is 369 g/mol. The van der Waals surface area contributed by atoms with Gasteiger partial charge < -0.3 is 4.74 Å². The number of nitrogens with zero attached hydrogens (tertiary/aromatic N) is 2. The summed E-state index contributed by atoms with van der Waals surface area (Å²) >= 11 is 0. The van der Waals surface area contributed by atoms with Gasteiger partial charge in [-0.25, -0.2) is 5.43 Å². The molecule has 0 saturated carbocycles. The summed E-state index contributed by atoms with van der Waals surface area (Å²) in [5, 5.41) is 14.7. The second-order valence-electron chi connectivity index (χ2n) is 6.52. The lowest BCUT2D eigenvalue weighted by Gasteiger charge is -2.14. The van der Waals surface area contributed by atoms with Gasteiger partial charge in [-0.2, -0.15) is 5.10 Å². The van der Waals surface area contributed by atoms with E-state index < -0.39 is 4.92 Å². The molecule has 0 unspecified atom stereocenters. The van der Waals surface area contributed by atoms with E-state index >= 15 is 0 Å². The van der Waals surface area contributed by atoms with Crippen LogP contribution < -0.4 is 10.2 Å². The standard InChI is InChI=1S/C20H23N3O4/c1-13(2)18-11-14(3)5-10-19(18)27-12-20(24)22-21-15(4)16-6-8-17(9-7-16)23(25)26/h5-11,13H,12H2,1-4H3,(H,22,24)/b21-15-. The van der Waals surface area contributed by atoms with E-state index in [0.717, 1.165) is 11.1 Å². The predicted octanol–water partition coefficient (Wildman–Crippen LogP) is 3.95. The minimum Gasteiger partial charge on any atom is -0.483 e. The van der Waals surface area contributed by atoms with Gasteiger partial charge in [0.15, 0.2) is 6.61 Å². The van der Waals surface area contributed by atoms with Crippen molar-refractivity contribution in [3.05, 3.63) is 69.3 Å². The number of hydrazone groups is 1. The number of carbonyl (C=O) groups is 1. The van der Waals surface area contributed by atoms with E-state index in [9.17, 15) is 14.9 Å². The maximum atomic E-state index is 12.0. The van der Waals surface area contributed by atoms with Crippen LogP contribution in [0.15, 0.2) is 47.6 Å². The molecule has 0 aliphatic rings. The van der Waals surface area contributed by atoms with Gasteiger partial charge in [-0.05, 0) is 49.1 Å². The molecule has 0 aromatic heterocycles. The number of nitro groups is 1. The zero-order valence-electron chi connectivity index (χ0n) is 15.9. The number of non-ortho nitro benzene ring substituents is 1. The number of carbonyl (C=O) groups excluding carboxylic acids is 1. The second kappa shape index (κ2) is 8.93. The topological polar surface area (TPSA) is 93.8 Å². The van der Waals surface area contributed by atoms with E-state index in [2.05, 4.69) is 30.4 Å². The van der Waals surface area contributed by atoms with E-state index in [1.54, 1.807) is 19.1 Å². The molecule has 0 fully saturated rings. The minimum atomic E-state index is -0.466. The lowest BCUT2D eigenvalue weighted by molar-refractivity contribution is -0.384. The van der Waals surface area contributed by atoms with Crippen molar-refractivity contribution >= 4 is 17.3 Å². The van der Waals surface area contributed by atoms with Crippen LogP contribution in [0, 0.1) is 17.0 Å². The maximum absolute atomic E-state index is 12.0. The fraction of sp³-hybridized carbons (Fsp3) is 0.300. The largest absolute Gasteiger partial charge is 0.483 e. The first kappa shape index (κ1) is 20.1. The van der Waals surface area contributed by atoms with Crippen LogP contribution in [0.2, 0.25) is 0 Å². The highest BCUT2D eigenvalue weighted by Crippen LogP contribution is 2.27. The van der Waals surface area contributed by atoms with Gasteiger partial charge in [-0.1, -0.05) is 31.5 Å². The average Bonchev–Trinajstić information content (AvgIpc) is 2.64. The normalized spacial score (nSPS) is 11.4. The summed E-state index contributed by atoms with van der Waals surface area (Å²) in [5.41, 5.74) is 5.85. The number of nitro benzene ring substituents is 1. The van der Waals surface area contributed by atoms with Gasteiger partial charge in [0.25, 0.3) is 11.6 Å². The molecule has 0 aliphatic heterocycles. The van der Waals surface area contributed by atoms with Crippen LogP contribution in [0.25, 0.3) is 0 Å². The maximum Gasteiger partial charge on any atom is 0.277 e. The first-order chi connectivity index (χ1) is 12.8. The molecule has 27 heavy (non-hydrogen) atoms. The quantitative estimate of drug-likeness (QED) is 0.454. The first-order valence-corrected chi connectivity index (χ1v) is 8.59. The SMILES string of the molecule is C/C(=N/NC(=O)COc1ccc(C)cc1C(C)C)c1ccc([N+](=O)[O-])cc1. The van der Waals surface area contributed by atoms with Crippen LogP contribution in [-0.2, 0) is 4.79 Å². The molecule has 0 atom stereocenters. The molecule has 0 radical (unpaired) electrons. The van der Waals surface area contributed by atoms with E-state index in [-0.39, 0.29) is 24.1 Å². The Morgan fingerprint density at radius 1 is 1.22 bits per heavy atom. The molecule has 1 N–H and O–H groups in total. The molecular formula is C20H23N3O4. The summed E-state index contributed by atoms with van der Waals surface area (Å²) < 4.78 is 5.64. The molecule has 0 saturated heterocycles. The Kier molecular flexibility index (Phi) is 6.65. The van der Waals surface area contributed by atoms with Gasteiger partial charge in [-0.3, -0.25) is 14.9 Å². The van der Waals surface area contributed by atoms with Crippen LogP contribution in [0.1, 0.15) is 43.4 Å². The van der Waals surface area contributed by atoms with Gasteiger partial charge in [-0.15, -0.1) is 0 Å². The number of aryl methyl sites for hydroxylation is 1. The third-order valence-electron chi connectivity index (χ3n) is 3.99. The van der Waals surface area contributed by atoms with Gasteiger partial charge in [0.1, 0.15) is 5.75 Å². The summed E-state index contributed by atoms with van der Waals surface area (Å²) in [6.45, 7) is 7.70. The number of rotatable bonds is 7. The van der Waals surface area contributed by atoms with Gasteiger partial charge in [0.2, 0.25) is 0 Å². The lowest BCUT2D eigenvalue weighted by Crippen LogP contribution is -2.26. The number of hydrogen-bond donors (Lipinski definition) is 1. The predicted molar refractivity (Wildman–Crippen MR) is 104 cm³/mol. The molecule has 0 heterocycles. The zero-order chi connectivity index (χ0) is 20.0. The Bertz CT molecular complexity index is 858. The van der Waals surface area contributed by atoms with E-state index in [4.69, 9.17) is 4.74 Å². The molecular weight excluding hydrogens is 346 g/mol. The molecule has 0 bridgehead atoms. The van der Waals surface area contributed by atoms with Crippen molar-refractivity contribution in [2.45, 2.75) is 33.6 Å².